The Balaban J connectivity index is 3.04. The number of rotatable bonds is 2. The van der Waals surface area contributed by atoms with Crippen LogP contribution in [-0.4, -0.2) is 23.9 Å². The van der Waals surface area contributed by atoms with Crippen molar-refractivity contribution >= 4 is 43.6 Å². The van der Waals surface area contributed by atoms with E-state index in [0.717, 1.165) is 5.32 Å². The Morgan fingerprint density at radius 1 is 1.00 bits per heavy atom. The minimum atomic E-state index is -5.71. The van der Waals surface area contributed by atoms with Crippen LogP contribution in [0.5, 0.6) is 0 Å². The van der Waals surface area contributed by atoms with Gasteiger partial charge >= 0.3 is 18.4 Å². The van der Waals surface area contributed by atoms with Gasteiger partial charge in [0.05, 0.1) is 5.69 Å². The number of carbonyl (C=O) groups is 1. The maximum atomic E-state index is 12.7. The van der Waals surface area contributed by atoms with Crippen molar-refractivity contribution in [2.45, 2.75) is 24.8 Å². The second-order valence-electron chi connectivity index (χ2n) is 4.30. The van der Waals surface area contributed by atoms with E-state index in [0.29, 0.717) is 0 Å². The molecule has 0 heterocycles. The Morgan fingerprint density at radius 3 is 1.77 bits per heavy atom. The van der Waals surface area contributed by atoms with Crippen molar-refractivity contribution in [1.29, 1.82) is 0 Å². The Kier molecular flexibility index (Phi) is 5.43. The fraction of sp³-hybridized carbons (Fsp3) is 0.364. The Labute approximate surface area is 137 Å². The van der Waals surface area contributed by atoms with Crippen molar-refractivity contribution in [2.75, 3.05) is 5.32 Å². The first-order valence-corrected chi connectivity index (χ1v) is 7.05. The quantitative estimate of drug-likeness (QED) is 0.587. The number of hydrogen-bond donors (Lipinski definition) is 2. The molecule has 0 aliphatic heterocycles. The zero-order valence-electron chi connectivity index (χ0n) is 10.7. The van der Waals surface area contributed by atoms with Gasteiger partial charge in [0, 0.05) is 8.95 Å². The van der Waals surface area contributed by atoms with Crippen molar-refractivity contribution in [3.8, 4) is 0 Å². The Bertz CT molecular complexity index is 538. The molecule has 0 bridgehead atoms. The lowest BCUT2D eigenvalue weighted by Crippen LogP contribution is -2.66. The minimum Gasteiger partial charge on any atom is -0.316 e. The first-order chi connectivity index (χ1) is 9.79. The van der Waals surface area contributed by atoms with Crippen LogP contribution in [0.4, 0.5) is 36.8 Å². The van der Waals surface area contributed by atoms with Crippen LogP contribution in [0.1, 0.15) is 6.92 Å². The largest absolute Gasteiger partial charge is 0.420 e. The van der Waals surface area contributed by atoms with Gasteiger partial charge in [0.25, 0.3) is 0 Å². The molecule has 22 heavy (non-hydrogen) atoms. The van der Waals surface area contributed by atoms with Crippen molar-refractivity contribution in [2.24, 2.45) is 0 Å². The lowest BCUT2D eigenvalue weighted by molar-refractivity contribution is -0.297. The van der Waals surface area contributed by atoms with Gasteiger partial charge in [-0.3, -0.25) is 0 Å². The van der Waals surface area contributed by atoms with E-state index in [2.05, 4.69) is 31.9 Å². The SMILES string of the molecule is CC(NC(=O)Nc1c(Br)cccc1Br)(C(F)(F)F)C(F)(F)F. The van der Waals surface area contributed by atoms with E-state index >= 15 is 0 Å². The van der Waals surface area contributed by atoms with Crippen LogP contribution in [0.2, 0.25) is 0 Å². The van der Waals surface area contributed by atoms with Crippen LogP contribution < -0.4 is 10.6 Å². The number of carbonyl (C=O) groups excluding carboxylic acids is 1. The van der Waals surface area contributed by atoms with Crippen molar-refractivity contribution in [3.63, 3.8) is 0 Å². The normalized spacial score (nSPS) is 13.0. The molecule has 2 N–H and O–H groups in total. The number of anilines is 1. The molecular weight excluding hydrogens is 450 g/mol. The van der Waals surface area contributed by atoms with Crippen LogP contribution in [-0.2, 0) is 0 Å². The highest BCUT2D eigenvalue weighted by molar-refractivity contribution is 9.11. The highest BCUT2D eigenvalue weighted by Crippen LogP contribution is 2.42. The molecule has 0 spiro atoms. The van der Waals surface area contributed by atoms with Gasteiger partial charge in [-0.05, 0) is 50.9 Å². The van der Waals surface area contributed by atoms with Crippen molar-refractivity contribution in [1.82, 2.24) is 5.32 Å². The maximum absolute atomic E-state index is 12.7. The monoisotopic (exact) mass is 456 g/mol. The molecule has 1 rings (SSSR count). The smallest absolute Gasteiger partial charge is 0.316 e. The molecule has 11 heteroatoms. The highest BCUT2D eigenvalue weighted by Gasteiger charge is 2.68. The van der Waals surface area contributed by atoms with Gasteiger partial charge < -0.3 is 10.6 Å². The molecule has 0 unspecified atom stereocenters. The molecule has 1 aromatic rings. The predicted octanol–water partition coefficient (Wildman–Crippen LogP) is 5.22. The zero-order chi connectivity index (χ0) is 17.3. The average Bonchev–Trinajstić information content (AvgIpc) is 2.31. The number of urea groups is 1. The number of hydrogen-bond acceptors (Lipinski definition) is 1. The molecule has 0 aromatic heterocycles. The molecule has 124 valence electrons. The van der Waals surface area contributed by atoms with Crippen LogP contribution in [0, 0.1) is 0 Å². The summed E-state index contributed by atoms with van der Waals surface area (Å²) in [5.74, 6) is 0. The number of benzene rings is 1. The molecule has 3 nitrogen and oxygen atoms in total. The fourth-order valence-electron chi connectivity index (χ4n) is 1.29. The van der Waals surface area contributed by atoms with Crippen molar-refractivity contribution < 1.29 is 31.1 Å². The molecule has 0 fully saturated rings. The third kappa shape index (κ3) is 3.86. The molecule has 0 aliphatic rings. The summed E-state index contributed by atoms with van der Waals surface area (Å²) in [6.07, 6.45) is -11.4. The first kappa shape index (κ1) is 19.1. The lowest BCUT2D eigenvalue weighted by atomic mass is 10.0. The van der Waals surface area contributed by atoms with Crippen LogP contribution in [0.15, 0.2) is 27.1 Å². The second-order valence-corrected chi connectivity index (χ2v) is 6.00. The van der Waals surface area contributed by atoms with E-state index in [1.54, 1.807) is 6.07 Å². The van der Waals surface area contributed by atoms with Gasteiger partial charge in [0.15, 0.2) is 0 Å². The predicted molar refractivity (Wildman–Crippen MR) is 74.5 cm³/mol. The molecule has 0 aliphatic carbocycles. The molecular formula is C11H8Br2F6N2O. The van der Waals surface area contributed by atoms with E-state index in [-0.39, 0.29) is 21.6 Å². The zero-order valence-corrected chi connectivity index (χ0v) is 13.8. The maximum Gasteiger partial charge on any atom is 0.420 e. The molecule has 0 saturated carbocycles. The van der Waals surface area contributed by atoms with E-state index in [1.807, 2.05) is 5.32 Å². The van der Waals surface area contributed by atoms with E-state index in [4.69, 9.17) is 0 Å². The summed E-state index contributed by atoms with van der Waals surface area (Å²) in [6, 6.07) is 2.80. The van der Waals surface area contributed by atoms with Gasteiger partial charge in [-0.1, -0.05) is 6.07 Å². The summed E-state index contributed by atoms with van der Waals surface area (Å²) in [4.78, 5) is 11.6. The summed E-state index contributed by atoms with van der Waals surface area (Å²) in [7, 11) is 0. The summed E-state index contributed by atoms with van der Waals surface area (Å²) in [5.41, 5.74) is -4.38. The second kappa shape index (κ2) is 6.26. The van der Waals surface area contributed by atoms with Gasteiger partial charge in [-0.15, -0.1) is 0 Å². The van der Waals surface area contributed by atoms with Crippen LogP contribution >= 0.6 is 31.9 Å². The molecule has 2 amide bonds. The minimum absolute atomic E-state index is 0.00769. The Hall–Kier alpha value is -0.970. The van der Waals surface area contributed by atoms with E-state index in [9.17, 15) is 31.1 Å². The fourth-order valence-corrected chi connectivity index (χ4v) is 2.49. The third-order valence-corrected chi connectivity index (χ3v) is 4.02. The van der Waals surface area contributed by atoms with Gasteiger partial charge in [-0.2, -0.15) is 26.3 Å². The Morgan fingerprint density at radius 2 is 1.41 bits per heavy atom. The summed E-state index contributed by atoms with van der Waals surface area (Å²) < 4.78 is 76.6. The van der Waals surface area contributed by atoms with E-state index in [1.165, 1.54) is 12.1 Å². The highest BCUT2D eigenvalue weighted by atomic mass is 79.9. The summed E-state index contributed by atoms with van der Waals surface area (Å²) in [6.45, 7) is -0.151. The molecule has 0 atom stereocenters. The van der Waals surface area contributed by atoms with Gasteiger partial charge in [0.1, 0.15) is 0 Å². The first-order valence-electron chi connectivity index (χ1n) is 5.46. The number of para-hydroxylation sites is 1. The van der Waals surface area contributed by atoms with Crippen LogP contribution in [0.3, 0.4) is 0 Å². The average molecular weight is 458 g/mol. The topological polar surface area (TPSA) is 41.1 Å². The standard InChI is InChI=1S/C11H8Br2F6N2O/c1-9(10(14,15)16,11(17,18)19)21-8(22)20-7-5(12)3-2-4-6(7)13/h2-4H,1H3,(H2,20,21,22). The number of amides is 2. The third-order valence-electron chi connectivity index (χ3n) is 2.70. The molecule has 0 saturated heterocycles. The molecule has 1 aromatic carbocycles. The number of nitrogens with one attached hydrogen (secondary N) is 2. The lowest BCUT2D eigenvalue weighted by Gasteiger charge is -2.34. The summed E-state index contributed by atoms with van der Waals surface area (Å²) >= 11 is 6.03. The summed E-state index contributed by atoms with van der Waals surface area (Å²) in [5, 5.41) is 2.87. The van der Waals surface area contributed by atoms with Gasteiger partial charge in [0.2, 0.25) is 5.54 Å². The number of alkyl halides is 6. The number of halogens is 8. The van der Waals surface area contributed by atoms with Crippen molar-refractivity contribution in [3.05, 3.63) is 27.1 Å². The van der Waals surface area contributed by atoms with Crippen LogP contribution in [0.25, 0.3) is 0 Å². The van der Waals surface area contributed by atoms with E-state index < -0.39 is 23.9 Å². The molecule has 0 radical (unpaired) electrons. The van der Waals surface area contributed by atoms with Gasteiger partial charge in [-0.25, -0.2) is 4.79 Å².